The van der Waals surface area contributed by atoms with E-state index < -0.39 is 32.0 Å². The van der Waals surface area contributed by atoms with E-state index in [-0.39, 0.29) is 5.56 Å². The van der Waals surface area contributed by atoms with Gasteiger partial charge in [-0.3, -0.25) is 4.18 Å². The van der Waals surface area contributed by atoms with Crippen LogP contribution in [-0.2, 0) is 17.9 Å². The maximum Gasteiger partial charge on any atom is 0.264 e. The first-order chi connectivity index (χ1) is 7.62. The summed E-state index contributed by atoms with van der Waals surface area (Å²) in [5.41, 5.74) is 0.0145. The van der Waals surface area contributed by atoms with Crippen LogP contribution in [-0.4, -0.2) is 26.4 Å². The van der Waals surface area contributed by atoms with Gasteiger partial charge in [-0.05, 0) is 40.3 Å². The molecule has 0 aromatic heterocycles. The second kappa shape index (κ2) is 5.12. The van der Waals surface area contributed by atoms with Gasteiger partial charge in [0.2, 0.25) is 0 Å². The van der Waals surface area contributed by atoms with E-state index in [1.165, 1.54) is 22.6 Å². The van der Waals surface area contributed by atoms with E-state index in [9.17, 15) is 22.3 Å². The van der Waals surface area contributed by atoms with Crippen LogP contribution in [0, 0.1) is 11.6 Å². The third kappa shape index (κ3) is 4.45. The van der Waals surface area contributed by atoms with Gasteiger partial charge in [0.05, 0.1) is 6.26 Å². The Morgan fingerprint density at radius 3 is 2.47 bits per heavy atom. The highest BCUT2D eigenvalue weighted by Gasteiger charge is 2.28. The Balaban J connectivity index is 2.92. The Kier molecular flexibility index (Phi) is 4.44. The quantitative estimate of drug-likeness (QED) is 0.490. The van der Waals surface area contributed by atoms with Crippen molar-refractivity contribution in [3.05, 3.63) is 35.4 Å². The van der Waals surface area contributed by atoms with Crippen molar-refractivity contribution in [2.45, 2.75) is 3.61 Å². The van der Waals surface area contributed by atoms with Crippen LogP contribution in [0.3, 0.4) is 0 Å². The van der Waals surface area contributed by atoms with Gasteiger partial charge in [-0.15, -0.1) is 0 Å². The molecule has 0 fully saturated rings. The molecule has 4 nitrogen and oxygen atoms in total. The molecule has 0 saturated carbocycles. The van der Waals surface area contributed by atoms with Crippen molar-refractivity contribution in [1.82, 2.24) is 0 Å². The topological polar surface area (TPSA) is 63.6 Å². The summed E-state index contributed by atoms with van der Waals surface area (Å²) in [6, 6.07) is 2.78. The first kappa shape index (κ1) is 14.7. The van der Waals surface area contributed by atoms with E-state index in [4.69, 9.17) is 0 Å². The summed E-state index contributed by atoms with van der Waals surface area (Å²) in [4.78, 5) is 0. The van der Waals surface area contributed by atoms with Crippen LogP contribution in [0.25, 0.3) is 0 Å². The molecule has 0 radical (unpaired) electrons. The number of alkyl halides is 1. The molecule has 1 atom stereocenters. The molecule has 0 spiro atoms. The van der Waals surface area contributed by atoms with Crippen molar-refractivity contribution in [2.24, 2.45) is 0 Å². The van der Waals surface area contributed by atoms with Gasteiger partial charge in [-0.1, -0.05) is 6.07 Å². The Morgan fingerprint density at radius 1 is 1.41 bits per heavy atom. The molecule has 0 aliphatic carbocycles. The largest absolute Gasteiger partial charge is 0.373 e. The average molecular weight is 378 g/mol. The highest BCUT2D eigenvalue weighted by atomic mass is 127. The van der Waals surface area contributed by atoms with Gasteiger partial charge < -0.3 is 5.11 Å². The SMILES string of the molecule is CS(=O)(=O)OC[C@](O)(I)c1ccc(F)c(F)c1. The van der Waals surface area contributed by atoms with Crippen LogP contribution in [0.15, 0.2) is 18.2 Å². The van der Waals surface area contributed by atoms with Crippen molar-refractivity contribution in [3.8, 4) is 0 Å². The fourth-order valence-corrected chi connectivity index (χ4v) is 2.09. The molecule has 1 aromatic carbocycles. The number of hydrogen-bond acceptors (Lipinski definition) is 4. The second-order valence-electron chi connectivity index (χ2n) is 3.35. The van der Waals surface area contributed by atoms with Gasteiger partial charge in [0.15, 0.2) is 15.2 Å². The lowest BCUT2D eigenvalue weighted by Crippen LogP contribution is -2.26. The van der Waals surface area contributed by atoms with Crippen LogP contribution in [0.5, 0.6) is 0 Å². The Hall–Kier alpha value is -0.320. The molecule has 0 bridgehead atoms. The zero-order valence-corrected chi connectivity index (χ0v) is 11.6. The Morgan fingerprint density at radius 2 is 2.00 bits per heavy atom. The highest BCUT2D eigenvalue weighted by molar-refractivity contribution is 14.1. The minimum absolute atomic E-state index is 0.0145. The molecule has 0 aliphatic heterocycles. The van der Waals surface area contributed by atoms with Crippen LogP contribution in [0.4, 0.5) is 8.78 Å². The lowest BCUT2D eigenvalue weighted by Gasteiger charge is -2.20. The summed E-state index contributed by atoms with van der Waals surface area (Å²) >= 11 is 1.49. The lowest BCUT2D eigenvalue weighted by molar-refractivity contribution is 0.0940. The van der Waals surface area contributed by atoms with E-state index in [1.807, 2.05) is 0 Å². The smallest absolute Gasteiger partial charge is 0.264 e. The van der Waals surface area contributed by atoms with Gasteiger partial charge in [-0.2, -0.15) is 8.42 Å². The van der Waals surface area contributed by atoms with Crippen LogP contribution >= 0.6 is 22.6 Å². The summed E-state index contributed by atoms with van der Waals surface area (Å²) < 4.78 is 49.8. The molecule has 1 aromatic rings. The monoisotopic (exact) mass is 378 g/mol. The standard InChI is InChI=1S/C9H9F2IO4S/c1-17(14,15)16-5-9(12,13)6-2-3-7(10)8(11)4-6/h2-4,13H,5H2,1H3/t9-/m1/s1. The zero-order valence-electron chi connectivity index (χ0n) is 8.65. The molecular weight excluding hydrogens is 369 g/mol. The van der Waals surface area contributed by atoms with E-state index >= 15 is 0 Å². The van der Waals surface area contributed by atoms with Gasteiger partial charge in [-0.25, -0.2) is 8.78 Å². The van der Waals surface area contributed by atoms with Crippen LogP contribution in [0.2, 0.25) is 0 Å². The van der Waals surface area contributed by atoms with Crippen LogP contribution in [0.1, 0.15) is 5.56 Å². The van der Waals surface area contributed by atoms with Crippen molar-refractivity contribution in [2.75, 3.05) is 12.9 Å². The number of benzene rings is 1. The summed E-state index contributed by atoms with van der Waals surface area (Å²) in [5, 5.41) is 9.87. The van der Waals surface area contributed by atoms with Crippen molar-refractivity contribution in [3.63, 3.8) is 0 Å². The molecular formula is C9H9F2IO4S. The molecule has 0 amide bonds. The number of rotatable bonds is 4. The molecule has 96 valence electrons. The van der Waals surface area contributed by atoms with Gasteiger partial charge in [0, 0.05) is 0 Å². The summed E-state index contributed by atoms with van der Waals surface area (Å²) in [5.74, 6) is -2.18. The Labute approximate surface area is 111 Å². The van der Waals surface area contributed by atoms with Gasteiger partial charge in [0.25, 0.3) is 10.1 Å². The first-order valence-corrected chi connectivity index (χ1v) is 7.22. The minimum atomic E-state index is -3.72. The fourth-order valence-electron chi connectivity index (χ4n) is 1.00. The van der Waals surface area contributed by atoms with Gasteiger partial charge >= 0.3 is 0 Å². The third-order valence-corrected chi connectivity index (χ3v) is 3.31. The van der Waals surface area contributed by atoms with Crippen molar-refractivity contribution < 1.29 is 26.5 Å². The molecule has 17 heavy (non-hydrogen) atoms. The maximum atomic E-state index is 12.9. The van der Waals surface area contributed by atoms with Crippen molar-refractivity contribution >= 4 is 32.7 Å². The first-order valence-electron chi connectivity index (χ1n) is 4.33. The van der Waals surface area contributed by atoms with E-state index in [1.54, 1.807) is 0 Å². The summed E-state index contributed by atoms with van der Waals surface area (Å²) in [7, 11) is -3.72. The molecule has 1 rings (SSSR count). The zero-order chi connectivity index (χ0) is 13.3. The predicted molar refractivity (Wildman–Crippen MR) is 65.1 cm³/mol. The molecule has 0 heterocycles. The molecule has 0 unspecified atom stereocenters. The number of hydrogen-bond donors (Lipinski definition) is 1. The molecule has 0 saturated heterocycles. The Bertz CT molecular complexity index is 516. The molecule has 8 heteroatoms. The number of aliphatic hydroxyl groups is 1. The summed E-state index contributed by atoms with van der Waals surface area (Å²) in [6.07, 6.45) is 0.824. The minimum Gasteiger partial charge on any atom is -0.373 e. The predicted octanol–water partition coefficient (Wildman–Crippen LogP) is 1.52. The molecule has 0 aliphatic rings. The number of halogens is 3. The average Bonchev–Trinajstić information content (AvgIpc) is 2.18. The third-order valence-electron chi connectivity index (χ3n) is 1.83. The molecule has 1 N–H and O–H groups in total. The second-order valence-corrected chi connectivity index (χ2v) is 6.78. The van der Waals surface area contributed by atoms with E-state index in [0.717, 1.165) is 24.5 Å². The van der Waals surface area contributed by atoms with Crippen molar-refractivity contribution in [1.29, 1.82) is 0 Å². The van der Waals surface area contributed by atoms with Crippen LogP contribution < -0.4 is 0 Å². The normalized spacial score (nSPS) is 15.6. The van der Waals surface area contributed by atoms with E-state index in [0.29, 0.717) is 0 Å². The maximum absolute atomic E-state index is 12.9. The van der Waals surface area contributed by atoms with Gasteiger partial charge in [0.1, 0.15) is 6.61 Å². The summed E-state index contributed by atoms with van der Waals surface area (Å²) in [6.45, 7) is -0.586. The highest BCUT2D eigenvalue weighted by Crippen LogP contribution is 2.30. The fraction of sp³-hybridized carbons (Fsp3) is 0.333. The lowest BCUT2D eigenvalue weighted by atomic mass is 10.1. The van der Waals surface area contributed by atoms with E-state index in [2.05, 4.69) is 4.18 Å².